The first kappa shape index (κ1) is 18.0. The van der Waals surface area contributed by atoms with Gasteiger partial charge in [-0.3, -0.25) is 19.8 Å². The van der Waals surface area contributed by atoms with Gasteiger partial charge in [0, 0.05) is 30.5 Å². The van der Waals surface area contributed by atoms with Crippen molar-refractivity contribution >= 4 is 23.5 Å². The van der Waals surface area contributed by atoms with E-state index in [1.54, 1.807) is 24.3 Å². The van der Waals surface area contributed by atoms with E-state index in [0.29, 0.717) is 11.3 Å². The number of carbonyl (C=O) groups excluding carboxylic acids is 3. The summed E-state index contributed by atoms with van der Waals surface area (Å²) in [6.07, 6.45) is 3.75. The third-order valence-corrected chi connectivity index (χ3v) is 6.58. The molecule has 0 saturated carbocycles. The lowest BCUT2D eigenvalue weighted by atomic mass is 9.72. The second-order valence-corrected chi connectivity index (χ2v) is 7.81. The fraction of sp³-hybridized carbons (Fsp3) is 0.550. The number of aliphatic hydroxyl groups is 1. The number of para-hydroxylation sites is 1. The summed E-state index contributed by atoms with van der Waals surface area (Å²) in [7, 11) is 0. The van der Waals surface area contributed by atoms with Gasteiger partial charge in [0.05, 0.1) is 17.9 Å². The Hall–Kier alpha value is -2.41. The Morgan fingerprint density at radius 3 is 2.74 bits per heavy atom. The fourth-order valence-electron chi connectivity index (χ4n) is 5.08. The van der Waals surface area contributed by atoms with E-state index >= 15 is 0 Å². The van der Waals surface area contributed by atoms with E-state index < -0.39 is 6.03 Å². The molecule has 1 aromatic rings. The van der Waals surface area contributed by atoms with Crippen LogP contribution in [0.25, 0.3) is 0 Å². The first-order valence-electron chi connectivity index (χ1n) is 9.64. The van der Waals surface area contributed by atoms with Gasteiger partial charge in [0.2, 0.25) is 5.91 Å². The number of nitrogens with zero attached hydrogens (tertiary/aromatic N) is 2. The van der Waals surface area contributed by atoms with Crippen molar-refractivity contribution in [2.75, 3.05) is 18.1 Å². The van der Waals surface area contributed by atoms with Gasteiger partial charge in [0.15, 0.2) is 0 Å². The third-order valence-electron chi connectivity index (χ3n) is 6.58. The Balaban J connectivity index is 1.66. The highest BCUT2D eigenvalue weighted by molar-refractivity contribution is 6.09. The molecule has 144 valence electrons. The number of imide groups is 1. The first-order chi connectivity index (χ1) is 13.0. The van der Waals surface area contributed by atoms with Gasteiger partial charge in [0.1, 0.15) is 0 Å². The van der Waals surface area contributed by atoms with E-state index in [-0.39, 0.29) is 48.9 Å². The molecule has 3 aliphatic heterocycles. The lowest BCUT2D eigenvalue weighted by Gasteiger charge is -2.35. The molecule has 0 aromatic heterocycles. The normalized spacial score (nSPS) is 30.0. The molecule has 0 unspecified atom stereocenters. The minimum Gasteiger partial charge on any atom is -0.396 e. The average molecular weight is 371 g/mol. The van der Waals surface area contributed by atoms with Crippen LogP contribution in [0.3, 0.4) is 0 Å². The maximum absolute atomic E-state index is 13.5. The highest BCUT2D eigenvalue weighted by atomic mass is 16.3. The summed E-state index contributed by atoms with van der Waals surface area (Å²) < 4.78 is 0. The van der Waals surface area contributed by atoms with Crippen LogP contribution in [0.4, 0.5) is 10.5 Å². The molecular weight excluding hydrogens is 346 g/mol. The van der Waals surface area contributed by atoms with Crippen molar-refractivity contribution in [3.63, 3.8) is 0 Å². The predicted molar refractivity (Wildman–Crippen MR) is 99.4 cm³/mol. The smallest absolute Gasteiger partial charge is 0.328 e. The Morgan fingerprint density at radius 2 is 2.07 bits per heavy atom. The number of benzene rings is 1. The number of rotatable bonds is 4. The van der Waals surface area contributed by atoms with Crippen LogP contribution in [0.5, 0.6) is 0 Å². The van der Waals surface area contributed by atoms with E-state index in [4.69, 9.17) is 0 Å². The molecule has 27 heavy (non-hydrogen) atoms. The number of fused-ring (bicyclic) bond motifs is 2. The quantitative estimate of drug-likeness (QED) is 0.846. The fourth-order valence-corrected chi connectivity index (χ4v) is 5.08. The zero-order chi connectivity index (χ0) is 19.2. The Bertz CT molecular complexity index is 789. The number of anilines is 1. The minimum atomic E-state index is -0.492. The maximum Gasteiger partial charge on any atom is 0.328 e. The molecule has 7 heteroatoms. The second-order valence-electron chi connectivity index (χ2n) is 7.81. The topological polar surface area (TPSA) is 89.9 Å². The molecule has 0 aliphatic carbocycles. The molecule has 3 saturated heterocycles. The van der Waals surface area contributed by atoms with Gasteiger partial charge in [-0.1, -0.05) is 19.1 Å². The highest BCUT2D eigenvalue weighted by Gasteiger charge is 2.56. The Labute approximate surface area is 158 Å². The summed E-state index contributed by atoms with van der Waals surface area (Å²) in [5.74, 6) is -0.389. The predicted octanol–water partition coefficient (Wildman–Crippen LogP) is 1.90. The second kappa shape index (κ2) is 6.64. The number of amides is 4. The molecule has 7 nitrogen and oxygen atoms in total. The van der Waals surface area contributed by atoms with Gasteiger partial charge in [-0.15, -0.1) is 0 Å². The summed E-state index contributed by atoms with van der Waals surface area (Å²) in [5, 5.41) is 12.3. The molecule has 0 radical (unpaired) electrons. The zero-order valence-corrected chi connectivity index (χ0v) is 15.5. The lowest BCUT2D eigenvalue weighted by Crippen LogP contribution is -2.50. The van der Waals surface area contributed by atoms with Crippen LogP contribution in [0.15, 0.2) is 24.3 Å². The molecule has 2 N–H and O–H groups in total. The van der Waals surface area contributed by atoms with Crippen molar-refractivity contribution in [2.45, 2.75) is 51.1 Å². The van der Waals surface area contributed by atoms with Crippen molar-refractivity contribution in [1.29, 1.82) is 0 Å². The molecule has 1 aromatic carbocycles. The number of nitrogens with one attached hydrogen (secondary N) is 1. The van der Waals surface area contributed by atoms with Crippen LogP contribution >= 0.6 is 0 Å². The first-order valence-corrected chi connectivity index (χ1v) is 9.64. The maximum atomic E-state index is 13.5. The minimum absolute atomic E-state index is 0.0369. The average Bonchev–Trinajstić information content (AvgIpc) is 3.23. The largest absolute Gasteiger partial charge is 0.396 e. The van der Waals surface area contributed by atoms with Crippen molar-refractivity contribution in [3.05, 3.63) is 29.8 Å². The number of carbonyl (C=O) groups is 3. The van der Waals surface area contributed by atoms with Gasteiger partial charge < -0.3 is 10.0 Å². The molecule has 3 heterocycles. The standard InChI is InChI=1S/C20H25N3O4/c1-2-20(12-24)11-13-7-8-16(20)23(13)18(26)14-5-3-4-6-15(14)22-10-9-17(25)21-19(22)27/h3-6,13,16,24H,2,7-12H2,1H3,(H,21,25,27)/t13-,16+,20-/m1/s1. The summed E-state index contributed by atoms with van der Waals surface area (Å²) >= 11 is 0. The SMILES string of the molecule is CC[C@]1(CO)C[C@H]2CC[C@@H]1N2C(=O)c1ccccc1N1CCC(=O)NC1=O. The summed E-state index contributed by atoms with van der Waals surface area (Å²) in [5.41, 5.74) is 0.788. The van der Waals surface area contributed by atoms with Crippen molar-refractivity contribution in [1.82, 2.24) is 10.2 Å². The number of hydrogen-bond acceptors (Lipinski definition) is 4. The van der Waals surface area contributed by atoms with Crippen molar-refractivity contribution in [2.24, 2.45) is 5.41 Å². The molecule has 3 fully saturated rings. The van der Waals surface area contributed by atoms with Gasteiger partial charge in [-0.25, -0.2) is 4.79 Å². The van der Waals surface area contributed by atoms with Crippen LogP contribution in [0.2, 0.25) is 0 Å². The number of urea groups is 1. The molecular formula is C20H25N3O4. The molecule has 3 atom stereocenters. The molecule has 4 rings (SSSR count). The van der Waals surface area contributed by atoms with Gasteiger partial charge in [0.25, 0.3) is 5.91 Å². The third kappa shape index (κ3) is 2.72. The Morgan fingerprint density at radius 1 is 1.30 bits per heavy atom. The molecule has 0 spiro atoms. The van der Waals surface area contributed by atoms with Gasteiger partial charge in [-0.2, -0.15) is 0 Å². The van der Waals surface area contributed by atoms with Crippen LogP contribution < -0.4 is 10.2 Å². The van der Waals surface area contributed by atoms with Crippen LogP contribution in [0, 0.1) is 5.41 Å². The lowest BCUT2D eigenvalue weighted by molar-refractivity contribution is -0.120. The van der Waals surface area contributed by atoms with E-state index in [2.05, 4.69) is 12.2 Å². The highest BCUT2D eigenvalue weighted by Crippen LogP contribution is 2.52. The van der Waals surface area contributed by atoms with Crippen LogP contribution in [0.1, 0.15) is 49.4 Å². The van der Waals surface area contributed by atoms with E-state index in [9.17, 15) is 19.5 Å². The van der Waals surface area contributed by atoms with Crippen LogP contribution in [-0.2, 0) is 4.79 Å². The summed E-state index contributed by atoms with van der Waals surface area (Å²) in [6.45, 7) is 2.42. The summed E-state index contributed by atoms with van der Waals surface area (Å²) in [4.78, 5) is 40.6. The van der Waals surface area contributed by atoms with Crippen LogP contribution in [-0.4, -0.2) is 53.1 Å². The van der Waals surface area contributed by atoms with E-state index in [0.717, 1.165) is 25.7 Å². The molecule has 3 aliphatic rings. The zero-order valence-electron chi connectivity index (χ0n) is 15.5. The van der Waals surface area contributed by atoms with Gasteiger partial charge in [-0.05, 0) is 37.8 Å². The van der Waals surface area contributed by atoms with Crippen molar-refractivity contribution < 1.29 is 19.5 Å². The molecule has 2 bridgehead atoms. The Kier molecular flexibility index (Phi) is 4.42. The number of hydrogen-bond donors (Lipinski definition) is 2. The number of aliphatic hydroxyl groups excluding tert-OH is 1. The van der Waals surface area contributed by atoms with E-state index in [1.165, 1.54) is 4.90 Å². The van der Waals surface area contributed by atoms with E-state index in [1.807, 2.05) is 4.90 Å². The van der Waals surface area contributed by atoms with Gasteiger partial charge >= 0.3 is 6.03 Å². The monoisotopic (exact) mass is 371 g/mol. The summed E-state index contributed by atoms with van der Waals surface area (Å²) in [6, 6.07) is 6.76. The van der Waals surface area contributed by atoms with Crippen molar-refractivity contribution in [3.8, 4) is 0 Å². The molecule has 4 amide bonds.